The van der Waals surface area contributed by atoms with Crippen molar-refractivity contribution in [2.75, 3.05) is 0 Å². The Morgan fingerprint density at radius 2 is 1.64 bits per heavy atom. The van der Waals surface area contributed by atoms with E-state index < -0.39 is 6.17 Å². The Kier molecular flexibility index (Phi) is 2.05. The first-order chi connectivity index (χ1) is 6.79. The van der Waals surface area contributed by atoms with Gasteiger partial charge in [-0.15, -0.1) is 0 Å². The molecule has 7 nitrogen and oxygen atoms in total. The normalized spacial score (nSPS) is 10.7. The fourth-order valence-electron chi connectivity index (χ4n) is 1.18. The molecule has 2 aromatic rings. The zero-order valence-corrected chi connectivity index (χ0v) is 7.48. The number of carbonyl (C=O) groups is 1. The molecule has 0 atom stereocenters. The summed E-state index contributed by atoms with van der Waals surface area (Å²) >= 11 is 0. The molecule has 0 radical (unpaired) electrons. The van der Waals surface area contributed by atoms with Crippen LogP contribution >= 0.6 is 0 Å². The van der Waals surface area contributed by atoms with Gasteiger partial charge in [0, 0.05) is 0 Å². The average molecular weight is 192 g/mol. The molecule has 0 saturated heterocycles. The summed E-state index contributed by atoms with van der Waals surface area (Å²) in [4.78, 5) is 18.9. The molecule has 2 rings (SSSR count). The van der Waals surface area contributed by atoms with Gasteiger partial charge in [-0.3, -0.25) is 4.79 Å². The lowest BCUT2D eigenvalue weighted by molar-refractivity contribution is -0.121. The van der Waals surface area contributed by atoms with Gasteiger partial charge in [0.05, 0.1) is 0 Å². The van der Waals surface area contributed by atoms with E-state index in [1.165, 1.54) is 41.6 Å². The number of hydrogen-bond acceptors (Lipinski definition) is 5. The predicted octanol–water partition coefficient (Wildman–Crippen LogP) is -0.495. The highest BCUT2D eigenvalue weighted by Crippen LogP contribution is 2.06. The zero-order chi connectivity index (χ0) is 9.97. The average Bonchev–Trinajstić information content (AvgIpc) is 2.75. The molecule has 0 aliphatic carbocycles. The van der Waals surface area contributed by atoms with Crippen molar-refractivity contribution in [3.63, 3.8) is 0 Å². The highest BCUT2D eigenvalue weighted by atomic mass is 16.1. The van der Waals surface area contributed by atoms with Crippen LogP contribution in [0.5, 0.6) is 0 Å². The summed E-state index contributed by atoms with van der Waals surface area (Å²) in [6.45, 7) is 1.47. The van der Waals surface area contributed by atoms with Crippen LogP contribution in [-0.2, 0) is 4.79 Å². The molecular weight excluding hydrogens is 184 g/mol. The number of nitrogens with zero attached hydrogens (tertiary/aromatic N) is 6. The summed E-state index contributed by atoms with van der Waals surface area (Å²) in [6, 6.07) is 0. The van der Waals surface area contributed by atoms with Gasteiger partial charge in [-0.1, -0.05) is 0 Å². The lowest BCUT2D eigenvalue weighted by Crippen LogP contribution is -2.25. The molecule has 0 fully saturated rings. The topological polar surface area (TPSA) is 78.5 Å². The van der Waals surface area contributed by atoms with E-state index in [2.05, 4.69) is 20.2 Å². The van der Waals surface area contributed by atoms with E-state index in [-0.39, 0.29) is 5.78 Å². The maximum absolute atomic E-state index is 11.4. The van der Waals surface area contributed by atoms with E-state index in [4.69, 9.17) is 0 Å². The molecule has 0 saturated carbocycles. The van der Waals surface area contributed by atoms with Gasteiger partial charge in [0.2, 0.25) is 6.17 Å². The number of carbonyl (C=O) groups excluding carboxylic acids is 1. The van der Waals surface area contributed by atoms with Crippen molar-refractivity contribution in [1.29, 1.82) is 0 Å². The van der Waals surface area contributed by atoms with Gasteiger partial charge in [0.1, 0.15) is 25.3 Å². The minimum atomic E-state index is -0.597. The van der Waals surface area contributed by atoms with Crippen LogP contribution in [0.3, 0.4) is 0 Å². The number of rotatable bonds is 3. The van der Waals surface area contributed by atoms with E-state index in [0.29, 0.717) is 0 Å². The molecule has 2 aromatic heterocycles. The van der Waals surface area contributed by atoms with Crippen LogP contribution < -0.4 is 0 Å². The summed E-state index contributed by atoms with van der Waals surface area (Å²) in [5.74, 6) is -0.0824. The lowest BCUT2D eigenvalue weighted by atomic mass is 10.3. The fourth-order valence-corrected chi connectivity index (χ4v) is 1.18. The van der Waals surface area contributed by atoms with Crippen LogP contribution in [0.4, 0.5) is 0 Å². The summed E-state index contributed by atoms with van der Waals surface area (Å²) in [6.07, 6.45) is 5.07. The van der Waals surface area contributed by atoms with Gasteiger partial charge >= 0.3 is 0 Å². The monoisotopic (exact) mass is 192 g/mol. The number of aromatic nitrogens is 6. The second kappa shape index (κ2) is 3.36. The van der Waals surface area contributed by atoms with Crippen molar-refractivity contribution < 1.29 is 4.79 Å². The summed E-state index contributed by atoms with van der Waals surface area (Å²) < 4.78 is 2.86. The van der Waals surface area contributed by atoms with Crippen molar-refractivity contribution in [3.05, 3.63) is 25.3 Å². The largest absolute Gasteiger partial charge is 0.295 e. The molecule has 0 aliphatic rings. The van der Waals surface area contributed by atoms with Gasteiger partial charge in [-0.2, -0.15) is 10.2 Å². The second-order valence-corrected chi connectivity index (χ2v) is 2.74. The number of Topliss-reactive ketones (excluding diaryl/α,β-unsaturated/α-hetero) is 1. The van der Waals surface area contributed by atoms with Gasteiger partial charge in [0.15, 0.2) is 5.78 Å². The zero-order valence-electron chi connectivity index (χ0n) is 7.48. The molecule has 2 heterocycles. The summed E-state index contributed by atoms with van der Waals surface area (Å²) in [7, 11) is 0. The first-order valence-electron chi connectivity index (χ1n) is 3.97. The fraction of sp³-hybridized carbons (Fsp3) is 0.286. The minimum absolute atomic E-state index is 0.0824. The second-order valence-electron chi connectivity index (χ2n) is 2.74. The maximum Gasteiger partial charge on any atom is 0.204 e. The summed E-state index contributed by atoms with van der Waals surface area (Å²) in [5.41, 5.74) is 0. The van der Waals surface area contributed by atoms with E-state index in [0.717, 1.165) is 0 Å². The molecule has 72 valence electrons. The molecule has 0 aliphatic heterocycles. The van der Waals surface area contributed by atoms with Gasteiger partial charge in [0.25, 0.3) is 0 Å². The van der Waals surface area contributed by atoms with Crippen LogP contribution in [0.25, 0.3) is 0 Å². The Bertz CT molecular complexity index is 371. The molecule has 0 bridgehead atoms. The van der Waals surface area contributed by atoms with Crippen LogP contribution in [0, 0.1) is 0 Å². The summed E-state index contributed by atoms with van der Waals surface area (Å²) in [5, 5.41) is 7.78. The molecule has 14 heavy (non-hydrogen) atoms. The lowest BCUT2D eigenvalue weighted by Gasteiger charge is -2.12. The smallest absolute Gasteiger partial charge is 0.204 e. The number of ketones is 1. The Hall–Kier alpha value is -2.05. The first-order valence-corrected chi connectivity index (χ1v) is 3.97. The van der Waals surface area contributed by atoms with E-state index in [1.54, 1.807) is 0 Å². The Labute approximate surface area is 79.4 Å². The van der Waals surface area contributed by atoms with Crippen LogP contribution in [0.1, 0.15) is 13.1 Å². The van der Waals surface area contributed by atoms with E-state index in [1.807, 2.05) is 0 Å². The molecule has 0 unspecified atom stereocenters. The van der Waals surface area contributed by atoms with Gasteiger partial charge < -0.3 is 0 Å². The molecule has 0 aromatic carbocycles. The van der Waals surface area contributed by atoms with Crippen molar-refractivity contribution in [3.8, 4) is 0 Å². The molecule has 0 spiro atoms. The molecular formula is C7H8N6O. The van der Waals surface area contributed by atoms with E-state index >= 15 is 0 Å². The third-order valence-electron chi connectivity index (χ3n) is 1.74. The number of hydrogen-bond donors (Lipinski definition) is 0. The standard InChI is InChI=1S/C7H8N6O/c1-6(14)7(12-4-8-2-10-12)13-5-9-3-11-13/h2-5,7H,1H3. The quantitative estimate of drug-likeness (QED) is 0.655. The predicted molar refractivity (Wildman–Crippen MR) is 45.2 cm³/mol. The third-order valence-corrected chi connectivity index (χ3v) is 1.74. The Morgan fingerprint density at radius 3 is 1.93 bits per heavy atom. The van der Waals surface area contributed by atoms with Crippen LogP contribution in [0.2, 0.25) is 0 Å². The first kappa shape index (κ1) is 8.54. The Balaban J connectivity index is 2.40. The molecule has 0 amide bonds. The van der Waals surface area contributed by atoms with Crippen molar-refractivity contribution in [1.82, 2.24) is 29.5 Å². The SMILES string of the molecule is CC(=O)C(n1cncn1)n1cncn1. The van der Waals surface area contributed by atoms with Crippen molar-refractivity contribution in [2.45, 2.75) is 13.1 Å². The molecule has 7 heteroatoms. The molecule has 0 N–H and O–H groups in total. The maximum atomic E-state index is 11.4. The van der Waals surface area contributed by atoms with Crippen molar-refractivity contribution >= 4 is 5.78 Å². The van der Waals surface area contributed by atoms with Crippen LogP contribution in [0.15, 0.2) is 25.3 Å². The Morgan fingerprint density at radius 1 is 1.14 bits per heavy atom. The van der Waals surface area contributed by atoms with Gasteiger partial charge in [-0.25, -0.2) is 19.3 Å². The highest BCUT2D eigenvalue weighted by molar-refractivity contribution is 5.79. The third kappa shape index (κ3) is 1.39. The minimum Gasteiger partial charge on any atom is -0.295 e. The van der Waals surface area contributed by atoms with Crippen molar-refractivity contribution in [2.24, 2.45) is 0 Å². The van der Waals surface area contributed by atoms with Crippen LogP contribution in [-0.4, -0.2) is 35.3 Å². The highest BCUT2D eigenvalue weighted by Gasteiger charge is 2.19. The van der Waals surface area contributed by atoms with E-state index in [9.17, 15) is 4.79 Å². The van der Waals surface area contributed by atoms with Gasteiger partial charge in [-0.05, 0) is 6.92 Å².